The highest BCUT2D eigenvalue weighted by Gasteiger charge is 2.42. The van der Waals surface area contributed by atoms with Crippen molar-refractivity contribution in [3.05, 3.63) is 30.1 Å². The number of nitrogens with zero attached hydrogens (tertiary/aromatic N) is 1. The Hall–Kier alpha value is -1.91. The van der Waals surface area contributed by atoms with Crippen LogP contribution in [-0.2, 0) is 16.0 Å². The summed E-state index contributed by atoms with van der Waals surface area (Å²) < 4.78 is 0. The summed E-state index contributed by atoms with van der Waals surface area (Å²) in [7, 11) is 0. The van der Waals surface area contributed by atoms with Gasteiger partial charge in [0.25, 0.3) is 0 Å². The average molecular weight is 315 g/mol. The van der Waals surface area contributed by atoms with E-state index >= 15 is 0 Å². The van der Waals surface area contributed by atoms with Gasteiger partial charge < -0.3 is 10.6 Å². The minimum absolute atomic E-state index is 0.0108. The fourth-order valence-electron chi connectivity index (χ4n) is 3.25. The fraction of sp³-hybridized carbons (Fsp3) is 0.611. The Morgan fingerprint density at radius 2 is 2.04 bits per heavy atom. The van der Waals surface area contributed by atoms with Gasteiger partial charge in [-0.05, 0) is 49.7 Å². The zero-order chi connectivity index (χ0) is 16.1. The summed E-state index contributed by atoms with van der Waals surface area (Å²) in [5.41, 5.74) is 0.363. The SMILES string of the molecule is O=C(CCc1cccnc1)NC1(C(=O)NCC2CC2)CCCC1. The molecule has 124 valence electrons. The zero-order valence-corrected chi connectivity index (χ0v) is 13.5. The molecular weight excluding hydrogens is 290 g/mol. The predicted octanol–water partition coefficient (Wildman–Crippen LogP) is 1.97. The lowest BCUT2D eigenvalue weighted by molar-refractivity contribution is -0.133. The van der Waals surface area contributed by atoms with E-state index in [2.05, 4.69) is 15.6 Å². The largest absolute Gasteiger partial charge is 0.354 e. The number of hydrogen-bond donors (Lipinski definition) is 2. The maximum absolute atomic E-state index is 12.6. The Kier molecular flexibility index (Phi) is 4.94. The predicted molar refractivity (Wildman–Crippen MR) is 87.6 cm³/mol. The average Bonchev–Trinajstić information content (AvgIpc) is 3.29. The van der Waals surface area contributed by atoms with Gasteiger partial charge in [-0.3, -0.25) is 14.6 Å². The summed E-state index contributed by atoms with van der Waals surface area (Å²) in [5, 5.41) is 6.08. The van der Waals surface area contributed by atoms with Gasteiger partial charge in [0.1, 0.15) is 5.54 Å². The van der Waals surface area contributed by atoms with E-state index in [1.54, 1.807) is 12.4 Å². The van der Waals surface area contributed by atoms with Crippen LogP contribution < -0.4 is 10.6 Å². The molecule has 2 N–H and O–H groups in total. The number of aryl methyl sites for hydroxylation is 1. The number of amides is 2. The van der Waals surface area contributed by atoms with E-state index in [0.29, 0.717) is 18.8 Å². The second-order valence-corrected chi connectivity index (χ2v) is 6.85. The van der Waals surface area contributed by atoms with Crippen molar-refractivity contribution in [2.24, 2.45) is 5.92 Å². The van der Waals surface area contributed by atoms with Crippen molar-refractivity contribution in [1.82, 2.24) is 15.6 Å². The Bertz CT molecular complexity index is 549. The Balaban J connectivity index is 1.53. The molecule has 1 heterocycles. The van der Waals surface area contributed by atoms with Gasteiger partial charge in [0.05, 0.1) is 0 Å². The van der Waals surface area contributed by atoms with Crippen LogP contribution in [0.5, 0.6) is 0 Å². The maximum atomic E-state index is 12.6. The van der Waals surface area contributed by atoms with E-state index in [1.165, 1.54) is 12.8 Å². The van der Waals surface area contributed by atoms with Crippen molar-refractivity contribution in [3.63, 3.8) is 0 Å². The minimum atomic E-state index is -0.680. The van der Waals surface area contributed by atoms with Crippen molar-refractivity contribution < 1.29 is 9.59 Å². The lowest BCUT2D eigenvalue weighted by atomic mass is 9.95. The second kappa shape index (κ2) is 7.11. The van der Waals surface area contributed by atoms with Crippen molar-refractivity contribution >= 4 is 11.8 Å². The molecule has 2 aliphatic rings. The van der Waals surface area contributed by atoms with E-state index in [4.69, 9.17) is 0 Å². The van der Waals surface area contributed by atoms with E-state index in [1.807, 2.05) is 12.1 Å². The molecule has 2 aliphatic carbocycles. The summed E-state index contributed by atoms with van der Waals surface area (Å²) in [6.07, 6.45) is 10.5. The molecule has 0 aliphatic heterocycles. The summed E-state index contributed by atoms with van der Waals surface area (Å²) in [6, 6.07) is 3.84. The highest BCUT2D eigenvalue weighted by Crippen LogP contribution is 2.31. The van der Waals surface area contributed by atoms with Gasteiger partial charge in [-0.15, -0.1) is 0 Å². The Morgan fingerprint density at radius 3 is 2.70 bits per heavy atom. The number of carbonyl (C=O) groups excluding carboxylic acids is 2. The number of pyridine rings is 1. The standard InChI is InChI=1S/C18H25N3O2/c22-16(8-7-14-4-3-11-19-12-14)21-18(9-1-2-10-18)17(23)20-13-15-5-6-15/h3-4,11-12,15H,1-2,5-10,13H2,(H,20,23)(H,21,22). The number of rotatable bonds is 7. The van der Waals surface area contributed by atoms with Gasteiger partial charge in [0, 0.05) is 25.4 Å². The van der Waals surface area contributed by atoms with Crippen LogP contribution in [0.25, 0.3) is 0 Å². The summed E-state index contributed by atoms with van der Waals surface area (Å²) in [4.78, 5) is 29.0. The molecule has 5 heteroatoms. The van der Waals surface area contributed by atoms with E-state index in [0.717, 1.165) is 37.8 Å². The summed E-state index contributed by atoms with van der Waals surface area (Å²) in [6.45, 7) is 0.756. The van der Waals surface area contributed by atoms with E-state index in [9.17, 15) is 9.59 Å². The number of aromatic nitrogens is 1. The molecule has 0 unspecified atom stereocenters. The minimum Gasteiger partial charge on any atom is -0.354 e. The number of carbonyl (C=O) groups is 2. The first-order valence-electron chi connectivity index (χ1n) is 8.66. The lowest BCUT2D eigenvalue weighted by Gasteiger charge is -2.29. The molecule has 0 spiro atoms. The quantitative estimate of drug-likeness (QED) is 0.808. The molecule has 0 bridgehead atoms. The normalized spacial score (nSPS) is 19.3. The van der Waals surface area contributed by atoms with Gasteiger partial charge in [0.2, 0.25) is 11.8 Å². The van der Waals surface area contributed by atoms with Crippen molar-refractivity contribution in [3.8, 4) is 0 Å². The van der Waals surface area contributed by atoms with E-state index < -0.39 is 5.54 Å². The Morgan fingerprint density at radius 1 is 1.26 bits per heavy atom. The molecule has 0 aromatic carbocycles. The molecule has 0 atom stereocenters. The van der Waals surface area contributed by atoms with Crippen LogP contribution in [0.15, 0.2) is 24.5 Å². The van der Waals surface area contributed by atoms with Crippen LogP contribution in [0, 0.1) is 5.92 Å². The first kappa shape index (κ1) is 16.0. The third-order valence-electron chi connectivity index (χ3n) is 4.88. The zero-order valence-electron chi connectivity index (χ0n) is 13.5. The van der Waals surface area contributed by atoms with Crippen LogP contribution in [-0.4, -0.2) is 28.9 Å². The molecule has 1 aromatic heterocycles. The molecule has 2 fully saturated rings. The van der Waals surface area contributed by atoms with Crippen LogP contribution >= 0.6 is 0 Å². The molecular formula is C18H25N3O2. The van der Waals surface area contributed by atoms with E-state index in [-0.39, 0.29) is 11.8 Å². The number of hydrogen-bond acceptors (Lipinski definition) is 3. The maximum Gasteiger partial charge on any atom is 0.245 e. The molecule has 0 radical (unpaired) electrons. The topological polar surface area (TPSA) is 71.1 Å². The van der Waals surface area contributed by atoms with Crippen LogP contribution in [0.1, 0.15) is 50.5 Å². The van der Waals surface area contributed by atoms with Crippen molar-refractivity contribution in [2.45, 2.75) is 56.9 Å². The van der Waals surface area contributed by atoms with Crippen LogP contribution in [0.4, 0.5) is 0 Å². The fourth-order valence-corrected chi connectivity index (χ4v) is 3.25. The van der Waals surface area contributed by atoms with Crippen LogP contribution in [0.3, 0.4) is 0 Å². The van der Waals surface area contributed by atoms with Gasteiger partial charge in [0.15, 0.2) is 0 Å². The monoisotopic (exact) mass is 315 g/mol. The van der Waals surface area contributed by atoms with Crippen LogP contribution in [0.2, 0.25) is 0 Å². The van der Waals surface area contributed by atoms with Gasteiger partial charge in [-0.25, -0.2) is 0 Å². The van der Waals surface area contributed by atoms with Gasteiger partial charge >= 0.3 is 0 Å². The van der Waals surface area contributed by atoms with Crippen molar-refractivity contribution in [2.75, 3.05) is 6.54 Å². The van der Waals surface area contributed by atoms with Crippen molar-refractivity contribution in [1.29, 1.82) is 0 Å². The molecule has 0 saturated heterocycles. The molecule has 2 saturated carbocycles. The first-order valence-corrected chi connectivity index (χ1v) is 8.66. The second-order valence-electron chi connectivity index (χ2n) is 6.85. The third-order valence-corrected chi connectivity index (χ3v) is 4.88. The molecule has 23 heavy (non-hydrogen) atoms. The first-order chi connectivity index (χ1) is 11.2. The summed E-state index contributed by atoms with van der Waals surface area (Å²) >= 11 is 0. The Labute approximate surface area is 137 Å². The molecule has 3 rings (SSSR count). The van der Waals surface area contributed by atoms with Gasteiger partial charge in [-0.1, -0.05) is 18.9 Å². The summed E-state index contributed by atoms with van der Waals surface area (Å²) in [5.74, 6) is 0.618. The highest BCUT2D eigenvalue weighted by molar-refractivity contribution is 5.91. The molecule has 2 amide bonds. The van der Waals surface area contributed by atoms with Gasteiger partial charge in [-0.2, -0.15) is 0 Å². The number of nitrogens with one attached hydrogen (secondary N) is 2. The highest BCUT2D eigenvalue weighted by atomic mass is 16.2. The lowest BCUT2D eigenvalue weighted by Crippen LogP contribution is -2.57. The smallest absolute Gasteiger partial charge is 0.245 e. The third kappa shape index (κ3) is 4.30. The molecule has 5 nitrogen and oxygen atoms in total. The molecule has 1 aromatic rings.